The van der Waals surface area contributed by atoms with Crippen LogP contribution in [0, 0.1) is 11.8 Å². The highest BCUT2D eigenvalue weighted by Crippen LogP contribution is 2.48. The maximum Gasteiger partial charge on any atom is 0.412 e. The Labute approximate surface area is 90.2 Å². The fraction of sp³-hybridized carbons (Fsp3) is 0.909. The molecule has 1 amide bonds. The average Bonchev–Trinajstić information content (AvgIpc) is 2.80. The molecule has 3 atom stereocenters. The summed E-state index contributed by atoms with van der Waals surface area (Å²) in [7, 11) is 0. The molecule has 1 aliphatic heterocycles. The van der Waals surface area contributed by atoms with Crippen LogP contribution in [0.2, 0.25) is 0 Å². The van der Waals surface area contributed by atoms with E-state index in [1.807, 2.05) is 20.8 Å². The van der Waals surface area contributed by atoms with Crippen LogP contribution in [0.15, 0.2) is 0 Å². The molecule has 3 unspecified atom stereocenters. The zero-order valence-electron chi connectivity index (χ0n) is 9.56. The van der Waals surface area contributed by atoms with E-state index >= 15 is 0 Å². The van der Waals surface area contributed by atoms with E-state index in [0.29, 0.717) is 18.4 Å². The number of likely N-dealkylation sites (tertiary alicyclic amines) is 1. The van der Waals surface area contributed by atoms with Crippen LogP contribution in [-0.2, 0) is 4.74 Å². The van der Waals surface area contributed by atoms with Crippen LogP contribution in [-0.4, -0.2) is 34.5 Å². The Bertz CT molecular complexity index is 271. The Balaban J connectivity index is 1.95. The molecule has 2 rings (SSSR count). The van der Waals surface area contributed by atoms with Crippen LogP contribution in [0.1, 0.15) is 33.6 Å². The van der Waals surface area contributed by atoms with Crippen LogP contribution in [0.5, 0.6) is 0 Å². The SMILES string of the molecule is CC(C)(C)OC(=O)N1CCC2CC2C1O. The maximum atomic E-state index is 11.7. The first kappa shape index (κ1) is 10.7. The van der Waals surface area contributed by atoms with Gasteiger partial charge < -0.3 is 9.84 Å². The first-order valence-electron chi connectivity index (χ1n) is 5.56. The predicted molar refractivity (Wildman–Crippen MR) is 55.2 cm³/mol. The summed E-state index contributed by atoms with van der Waals surface area (Å²) >= 11 is 0. The second-order valence-corrected chi connectivity index (χ2v) is 5.54. The molecule has 0 spiro atoms. The van der Waals surface area contributed by atoms with Crippen molar-refractivity contribution < 1.29 is 14.6 Å². The summed E-state index contributed by atoms with van der Waals surface area (Å²) in [4.78, 5) is 13.2. The lowest BCUT2D eigenvalue weighted by molar-refractivity contribution is -0.0515. The van der Waals surface area contributed by atoms with Crippen molar-refractivity contribution in [2.75, 3.05) is 6.54 Å². The van der Waals surface area contributed by atoms with Gasteiger partial charge in [0.15, 0.2) is 0 Å². The van der Waals surface area contributed by atoms with E-state index in [9.17, 15) is 9.90 Å². The van der Waals surface area contributed by atoms with E-state index in [2.05, 4.69) is 0 Å². The zero-order valence-corrected chi connectivity index (χ0v) is 9.56. The van der Waals surface area contributed by atoms with Crippen LogP contribution in [0.3, 0.4) is 0 Å². The monoisotopic (exact) mass is 213 g/mol. The van der Waals surface area contributed by atoms with Gasteiger partial charge in [0.2, 0.25) is 0 Å². The average molecular weight is 213 g/mol. The Morgan fingerprint density at radius 1 is 1.47 bits per heavy atom. The molecule has 1 N–H and O–H groups in total. The summed E-state index contributed by atoms with van der Waals surface area (Å²) in [6, 6.07) is 0. The van der Waals surface area contributed by atoms with E-state index in [-0.39, 0.29) is 6.09 Å². The topological polar surface area (TPSA) is 49.8 Å². The smallest absolute Gasteiger partial charge is 0.412 e. The molecule has 4 nitrogen and oxygen atoms in total. The Morgan fingerprint density at radius 2 is 2.13 bits per heavy atom. The number of fused-ring (bicyclic) bond motifs is 1. The number of aliphatic hydroxyl groups is 1. The number of rotatable bonds is 0. The lowest BCUT2D eigenvalue weighted by Crippen LogP contribution is -2.47. The van der Waals surface area contributed by atoms with E-state index in [4.69, 9.17) is 4.74 Å². The number of aliphatic hydroxyl groups excluding tert-OH is 1. The number of amides is 1. The minimum atomic E-state index is -0.626. The van der Waals surface area contributed by atoms with Crippen molar-refractivity contribution in [3.05, 3.63) is 0 Å². The van der Waals surface area contributed by atoms with Gasteiger partial charge in [0.25, 0.3) is 0 Å². The van der Waals surface area contributed by atoms with Crippen LogP contribution >= 0.6 is 0 Å². The third-order valence-corrected chi connectivity index (χ3v) is 3.05. The summed E-state index contributed by atoms with van der Waals surface area (Å²) < 4.78 is 5.24. The molecular formula is C11H19NO3. The van der Waals surface area contributed by atoms with E-state index < -0.39 is 11.8 Å². The number of hydrogen-bond donors (Lipinski definition) is 1. The lowest BCUT2D eigenvalue weighted by atomic mass is 10.1. The zero-order chi connectivity index (χ0) is 11.2. The van der Waals surface area contributed by atoms with E-state index in [0.717, 1.165) is 12.8 Å². The van der Waals surface area contributed by atoms with Gasteiger partial charge in [-0.25, -0.2) is 4.79 Å². The van der Waals surface area contributed by atoms with Crippen molar-refractivity contribution in [2.45, 2.75) is 45.4 Å². The highest BCUT2D eigenvalue weighted by atomic mass is 16.6. The van der Waals surface area contributed by atoms with Gasteiger partial charge in [0.1, 0.15) is 11.8 Å². The van der Waals surface area contributed by atoms with Crippen molar-refractivity contribution in [1.82, 2.24) is 4.90 Å². The standard InChI is InChI=1S/C11H19NO3/c1-11(2,3)15-10(14)12-5-4-7-6-8(7)9(12)13/h7-9,13H,4-6H2,1-3H3. The van der Waals surface area contributed by atoms with Crippen molar-refractivity contribution >= 4 is 6.09 Å². The third kappa shape index (κ3) is 2.25. The first-order chi connectivity index (χ1) is 6.88. The largest absolute Gasteiger partial charge is 0.444 e. The molecule has 1 heterocycles. The predicted octanol–water partition coefficient (Wildman–Crippen LogP) is 1.58. The molecule has 0 bridgehead atoms. The van der Waals surface area contributed by atoms with Gasteiger partial charge in [-0.15, -0.1) is 0 Å². The molecule has 1 aliphatic carbocycles. The molecule has 2 fully saturated rings. The highest BCUT2D eigenvalue weighted by molar-refractivity contribution is 5.68. The summed E-state index contributed by atoms with van der Waals surface area (Å²) in [6.45, 7) is 6.13. The summed E-state index contributed by atoms with van der Waals surface area (Å²) in [6.07, 6.45) is 1.04. The van der Waals surface area contributed by atoms with Crippen molar-refractivity contribution in [1.29, 1.82) is 0 Å². The number of carbonyl (C=O) groups excluding carboxylic acids is 1. The fourth-order valence-corrected chi connectivity index (χ4v) is 2.16. The highest BCUT2D eigenvalue weighted by Gasteiger charge is 2.50. The van der Waals surface area contributed by atoms with E-state index in [1.165, 1.54) is 4.90 Å². The molecular weight excluding hydrogens is 194 g/mol. The number of nitrogens with zero attached hydrogens (tertiary/aromatic N) is 1. The molecule has 1 saturated carbocycles. The second-order valence-electron chi connectivity index (χ2n) is 5.54. The minimum Gasteiger partial charge on any atom is -0.444 e. The van der Waals surface area contributed by atoms with Crippen LogP contribution < -0.4 is 0 Å². The van der Waals surface area contributed by atoms with Crippen molar-refractivity contribution in [2.24, 2.45) is 11.8 Å². The minimum absolute atomic E-state index is 0.297. The molecule has 4 heteroatoms. The molecule has 0 aromatic rings. The summed E-state index contributed by atoms with van der Waals surface area (Å²) in [5.74, 6) is 0.935. The fourth-order valence-electron chi connectivity index (χ4n) is 2.16. The van der Waals surface area contributed by atoms with Crippen molar-refractivity contribution in [3.63, 3.8) is 0 Å². The van der Waals surface area contributed by atoms with Gasteiger partial charge in [0, 0.05) is 12.5 Å². The van der Waals surface area contributed by atoms with Gasteiger partial charge in [0.05, 0.1) is 0 Å². The van der Waals surface area contributed by atoms with Crippen molar-refractivity contribution in [3.8, 4) is 0 Å². The van der Waals surface area contributed by atoms with Gasteiger partial charge in [-0.3, -0.25) is 4.90 Å². The van der Waals surface area contributed by atoms with Gasteiger partial charge >= 0.3 is 6.09 Å². The van der Waals surface area contributed by atoms with Gasteiger partial charge in [-0.05, 0) is 39.5 Å². The number of carbonyl (C=O) groups is 1. The molecule has 0 radical (unpaired) electrons. The third-order valence-electron chi connectivity index (χ3n) is 3.05. The molecule has 15 heavy (non-hydrogen) atoms. The second kappa shape index (κ2) is 3.37. The number of hydrogen-bond acceptors (Lipinski definition) is 3. The normalized spacial score (nSPS) is 34.7. The van der Waals surface area contributed by atoms with E-state index in [1.54, 1.807) is 0 Å². The number of ether oxygens (including phenoxy) is 1. The molecule has 2 aliphatic rings. The molecule has 1 saturated heterocycles. The first-order valence-corrected chi connectivity index (χ1v) is 5.56. The van der Waals surface area contributed by atoms with Gasteiger partial charge in [-0.2, -0.15) is 0 Å². The summed E-state index contributed by atoms with van der Waals surface area (Å²) in [5, 5.41) is 9.87. The lowest BCUT2D eigenvalue weighted by Gasteiger charge is -2.33. The molecule has 0 aromatic heterocycles. The van der Waals surface area contributed by atoms with Gasteiger partial charge in [-0.1, -0.05) is 0 Å². The quantitative estimate of drug-likeness (QED) is 0.664. The Hall–Kier alpha value is -0.770. The maximum absolute atomic E-state index is 11.7. The molecule has 0 aromatic carbocycles. The Morgan fingerprint density at radius 3 is 2.73 bits per heavy atom. The summed E-state index contributed by atoms with van der Waals surface area (Å²) in [5.41, 5.74) is -0.489. The van der Waals surface area contributed by atoms with Crippen LogP contribution in [0.25, 0.3) is 0 Å². The number of piperidine rings is 1. The Kier molecular flexibility index (Phi) is 2.41. The molecule has 86 valence electrons. The van der Waals surface area contributed by atoms with Crippen LogP contribution in [0.4, 0.5) is 4.79 Å².